The Morgan fingerprint density at radius 3 is 2.52 bits per heavy atom. The number of nitro groups is 1. The molecule has 0 spiro atoms. The summed E-state index contributed by atoms with van der Waals surface area (Å²) >= 11 is 0. The van der Waals surface area contributed by atoms with Crippen LogP contribution in [-0.2, 0) is 32.7 Å². The molecule has 2 amide bonds. The maximum atomic E-state index is 12.7. The lowest BCUT2D eigenvalue weighted by atomic mass is 10.1. The molecule has 11 heteroatoms. The predicted molar refractivity (Wildman–Crippen MR) is 123 cm³/mol. The normalized spacial score (nSPS) is 13.8. The van der Waals surface area contributed by atoms with Gasteiger partial charge in [0.25, 0.3) is 5.69 Å². The lowest BCUT2D eigenvalue weighted by Crippen LogP contribution is -2.40. The van der Waals surface area contributed by atoms with Crippen LogP contribution in [0.3, 0.4) is 0 Å². The summed E-state index contributed by atoms with van der Waals surface area (Å²) in [4.78, 5) is 36.9. The van der Waals surface area contributed by atoms with Gasteiger partial charge in [-0.15, -0.1) is 0 Å². The first kappa shape index (κ1) is 24.2. The lowest BCUT2D eigenvalue weighted by molar-refractivity contribution is -0.384. The van der Waals surface area contributed by atoms with Crippen molar-refractivity contribution in [1.29, 1.82) is 0 Å². The quantitative estimate of drug-likeness (QED) is 0.438. The van der Waals surface area contributed by atoms with E-state index in [1.54, 1.807) is 11.8 Å². The zero-order valence-electron chi connectivity index (χ0n) is 18.5. The first-order valence-corrected chi connectivity index (χ1v) is 12.2. The Kier molecular flexibility index (Phi) is 7.32. The van der Waals surface area contributed by atoms with Crippen LogP contribution in [0, 0.1) is 17.0 Å². The second-order valence-electron chi connectivity index (χ2n) is 7.96. The fourth-order valence-electron chi connectivity index (χ4n) is 3.70. The van der Waals surface area contributed by atoms with Gasteiger partial charge < -0.3 is 10.2 Å². The second kappa shape index (κ2) is 9.99. The zero-order valence-corrected chi connectivity index (χ0v) is 19.3. The Morgan fingerprint density at radius 2 is 1.91 bits per heavy atom. The van der Waals surface area contributed by atoms with E-state index in [-0.39, 0.29) is 23.8 Å². The van der Waals surface area contributed by atoms with Gasteiger partial charge in [-0.1, -0.05) is 30.3 Å². The molecule has 0 aliphatic carbocycles. The molecule has 1 aliphatic rings. The molecule has 176 valence electrons. The van der Waals surface area contributed by atoms with Crippen LogP contribution in [-0.4, -0.2) is 49.4 Å². The fourth-order valence-corrected chi connectivity index (χ4v) is 4.61. The van der Waals surface area contributed by atoms with Crippen LogP contribution < -0.4 is 9.62 Å². The fraction of sp³-hybridized carbons (Fsp3) is 0.364. The van der Waals surface area contributed by atoms with Crippen molar-refractivity contribution in [3.05, 3.63) is 69.3 Å². The second-order valence-corrected chi connectivity index (χ2v) is 9.87. The smallest absolute Gasteiger partial charge is 0.271 e. The number of nitrogens with one attached hydrogen (secondary N) is 1. The van der Waals surface area contributed by atoms with E-state index in [0.29, 0.717) is 25.1 Å². The Labute approximate surface area is 192 Å². The molecule has 2 aromatic carbocycles. The first-order valence-electron chi connectivity index (χ1n) is 10.4. The number of hydrogen-bond donors (Lipinski definition) is 1. The third-order valence-corrected chi connectivity index (χ3v) is 6.61. The number of carbonyl (C=O) groups is 2. The summed E-state index contributed by atoms with van der Waals surface area (Å²) in [5, 5.41) is 13.9. The summed E-state index contributed by atoms with van der Waals surface area (Å²) in [6.07, 6.45) is 2.31. The highest BCUT2D eigenvalue weighted by Gasteiger charge is 2.25. The molecule has 1 fully saturated rings. The van der Waals surface area contributed by atoms with Gasteiger partial charge in [-0.05, 0) is 30.0 Å². The average molecular weight is 475 g/mol. The molecule has 1 N–H and O–H groups in total. The van der Waals surface area contributed by atoms with E-state index >= 15 is 0 Å². The molecular formula is C22H26N4O6S. The molecule has 0 radical (unpaired) electrons. The molecule has 0 saturated carbocycles. The van der Waals surface area contributed by atoms with Crippen molar-refractivity contribution in [3.8, 4) is 0 Å². The van der Waals surface area contributed by atoms with Crippen molar-refractivity contribution in [3.63, 3.8) is 0 Å². The molecule has 10 nitrogen and oxygen atoms in total. The van der Waals surface area contributed by atoms with Gasteiger partial charge in [-0.25, -0.2) is 8.42 Å². The summed E-state index contributed by atoms with van der Waals surface area (Å²) < 4.78 is 25.6. The predicted octanol–water partition coefficient (Wildman–Crippen LogP) is 2.11. The number of nitrogens with zero attached hydrogens (tertiary/aromatic N) is 3. The van der Waals surface area contributed by atoms with Crippen molar-refractivity contribution in [2.75, 3.05) is 23.7 Å². The first-order chi connectivity index (χ1) is 15.6. The van der Waals surface area contributed by atoms with E-state index in [1.807, 2.05) is 24.3 Å². The number of aryl methyl sites for hydroxylation is 1. The van der Waals surface area contributed by atoms with Crippen LogP contribution >= 0.6 is 0 Å². The molecule has 1 heterocycles. The standard InChI is InChI=1S/C22H26N4O6S/c1-16-9-10-19(26(29)30)12-20(16)25(33(2,31)32)15-21(27)23-13-17-6-3-4-7-18(17)14-24-11-5-8-22(24)28/h3-4,6-7,9-10,12H,5,8,11,13-15H2,1-2H3,(H,23,27). The van der Waals surface area contributed by atoms with Crippen molar-refractivity contribution in [1.82, 2.24) is 10.2 Å². The van der Waals surface area contributed by atoms with Crippen LogP contribution in [0.4, 0.5) is 11.4 Å². The zero-order chi connectivity index (χ0) is 24.2. The van der Waals surface area contributed by atoms with Gasteiger partial charge in [0, 0.05) is 38.2 Å². The number of anilines is 1. The van der Waals surface area contributed by atoms with Gasteiger partial charge in [0.1, 0.15) is 6.54 Å². The van der Waals surface area contributed by atoms with E-state index in [1.165, 1.54) is 12.1 Å². The van der Waals surface area contributed by atoms with Crippen molar-refractivity contribution in [2.24, 2.45) is 0 Å². The van der Waals surface area contributed by atoms with Crippen LogP contribution in [0.25, 0.3) is 0 Å². The molecule has 1 aliphatic heterocycles. The molecule has 1 saturated heterocycles. The third kappa shape index (κ3) is 6.07. The topological polar surface area (TPSA) is 130 Å². The van der Waals surface area contributed by atoms with Crippen LogP contribution in [0.15, 0.2) is 42.5 Å². The number of rotatable bonds is 9. The van der Waals surface area contributed by atoms with E-state index in [2.05, 4.69) is 5.32 Å². The molecular weight excluding hydrogens is 448 g/mol. The highest BCUT2D eigenvalue weighted by Crippen LogP contribution is 2.27. The lowest BCUT2D eigenvalue weighted by Gasteiger charge is -2.23. The number of likely N-dealkylation sites (tertiary alicyclic amines) is 1. The molecule has 0 bridgehead atoms. The van der Waals surface area contributed by atoms with Gasteiger partial charge in [0.05, 0.1) is 16.9 Å². The Hall–Kier alpha value is -3.47. The highest BCUT2D eigenvalue weighted by molar-refractivity contribution is 7.92. The minimum absolute atomic E-state index is 0.0785. The maximum absolute atomic E-state index is 12.7. The summed E-state index contributed by atoms with van der Waals surface area (Å²) in [5.74, 6) is -0.455. The van der Waals surface area contributed by atoms with Gasteiger partial charge in [-0.2, -0.15) is 0 Å². The molecule has 2 aromatic rings. The largest absolute Gasteiger partial charge is 0.350 e. The SMILES string of the molecule is Cc1ccc([N+](=O)[O-])cc1N(CC(=O)NCc1ccccc1CN1CCCC1=O)S(C)(=O)=O. The van der Waals surface area contributed by atoms with Crippen LogP contribution in [0.2, 0.25) is 0 Å². The molecule has 0 aromatic heterocycles. The maximum Gasteiger partial charge on any atom is 0.271 e. The Bertz CT molecular complexity index is 1180. The number of non-ortho nitro benzene ring substituents is 1. The van der Waals surface area contributed by atoms with Gasteiger partial charge in [-0.3, -0.25) is 24.0 Å². The molecule has 0 atom stereocenters. The molecule has 3 rings (SSSR count). The monoisotopic (exact) mass is 474 g/mol. The summed E-state index contributed by atoms with van der Waals surface area (Å²) in [5.41, 5.74) is 2.02. The van der Waals surface area contributed by atoms with Crippen molar-refractivity contribution in [2.45, 2.75) is 32.9 Å². The van der Waals surface area contributed by atoms with Crippen molar-refractivity contribution < 1.29 is 22.9 Å². The Balaban J connectivity index is 1.74. The molecule has 0 unspecified atom stereocenters. The number of carbonyl (C=O) groups excluding carboxylic acids is 2. The number of amides is 2. The highest BCUT2D eigenvalue weighted by atomic mass is 32.2. The number of sulfonamides is 1. The number of benzene rings is 2. The van der Waals surface area contributed by atoms with Crippen LogP contribution in [0.1, 0.15) is 29.5 Å². The average Bonchev–Trinajstić information content (AvgIpc) is 3.15. The van der Waals surface area contributed by atoms with E-state index in [0.717, 1.165) is 34.2 Å². The van der Waals surface area contributed by atoms with E-state index < -0.39 is 27.4 Å². The van der Waals surface area contributed by atoms with E-state index in [4.69, 9.17) is 0 Å². The number of nitro benzene ring substituents is 1. The van der Waals surface area contributed by atoms with E-state index in [9.17, 15) is 28.1 Å². The Morgan fingerprint density at radius 1 is 1.21 bits per heavy atom. The number of hydrogen-bond acceptors (Lipinski definition) is 6. The van der Waals surface area contributed by atoms with Gasteiger partial charge in [0.15, 0.2) is 0 Å². The summed E-state index contributed by atoms with van der Waals surface area (Å²) in [7, 11) is -3.89. The van der Waals surface area contributed by atoms with Gasteiger partial charge >= 0.3 is 0 Å². The van der Waals surface area contributed by atoms with Gasteiger partial charge in [0.2, 0.25) is 21.8 Å². The molecule has 33 heavy (non-hydrogen) atoms. The summed E-state index contributed by atoms with van der Waals surface area (Å²) in [6, 6.07) is 11.3. The minimum atomic E-state index is -3.89. The van der Waals surface area contributed by atoms with Crippen LogP contribution in [0.5, 0.6) is 0 Å². The summed E-state index contributed by atoms with van der Waals surface area (Å²) in [6.45, 7) is 2.40. The minimum Gasteiger partial charge on any atom is -0.350 e. The van der Waals surface area contributed by atoms with Crippen molar-refractivity contribution >= 4 is 33.2 Å². The third-order valence-electron chi connectivity index (χ3n) is 5.49.